The van der Waals surface area contributed by atoms with Crippen LogP contribution in [-0.2, 0) is 24.3 Å². The standard InChI is InChI=1S/C20H18N6O2/c1-13-15(2-3-17-18(13)12-28-20(17)27)4-5-22-7-14-8-25-26(11-14)19-10-23-16(6-21)9-24-19/h2-3,8-11,22H,4-5,7,12H2,1H3. The van der Waals surface area contributed by atoms with Gasteiger partial charge in [-0.3, -0.25) is 0 Å². The summed E-state index contributed by atoms with van der Waals surface area (Å²) in [5.41, 5.74) is 5.34. The maximum absolute atomic E-state index is 11.6. The number of nitrogens with zero attached hydrogens (tertiary/aromatic N) is 5. The molecule has 0 radical (unpaired) electrons. The Morgan fingerprint density at radius 3 is 2.96 bits per heavy atom. The Bertz CT molecular complexity index is 1070. The van der Waals surface area contributed by atoms with E-state index < -0.39 is 0 Å². The number of aromatic nitrogens is 4. The third-order valence-corrected chi connectivity index (χ3v) is 4.80. The first-order valence-corrected chi connectivity index (χ1v) is 8.91. The van der Waals surface area contributed by atoms with Crippen LogP contribution in [0.4, 0.5) is 0 Å². The van der Waals surface area contributed by atoms with Crippen molar-refractivity contribution in [1.29, 1.82) is 5.26 Å². The van der Waals surface area contributed by atoms with E-state index in [1.807, 2.05) is 31.3 Å². The van der Waals surface area contributed by atoms with Crippen molar-refractivity contribution in [2.24, 2.45) is 0 Å². The number of carbonyl (C=O) groups excluding carboxylic acids is 1. The van der Waals surface area contributed by atoms with E-state index in [1.165, 1.54) is 18.0 Å². The summed E-state index contributed by atoms with van der Waals surface area (Å²) in [6.07, 6.45) is 7.46. The maximum Gasteiger partial charge on any atom is 0.338 e. The number of ether oxygens (including phenoxy) is 1. The highest BCUT2D eigenvalue weighted by molar-refractivity contribution is 5.93. The number of rotatable bonds is 6. The van der Waals surface area contributed by atoms with Crippen LogP contribution in [0.1, 0.15) is 38.3 Å². The second kappa shape index (κ2) is 7.58. The fraction of sp³-hybridized carbons (Fsp3) is 0.250. The number of fused-ring (bicyclic) bond motifs is 1. The van der Waals surface area contributed by atoms with Crippen molar-refractivity contribution in [3.63, 3.8) is 0 Å². The van der Waals surface area contributed by atoms with E-state index in [0.29, 0.717) is 24.5 Å². The van der Waals surface area contributed by atoms with Crippen LogP contribution in [0.25, 0.3) is 5.82 Å². The van der Waals surface area contributed by atoms with Gasteiger partial charge in [0, 0.05) is 23.9 Å². The summed E-state index contributed by atoms with van der Waals surface area (Å²) in [6.45, 7) is 3.89. The molecule has 0 aliphatic carbocycles. The van der Waals surface area contributed by atoms with Crippen molar-refractivity contribution in [3.8, 4) is 11.9 Å². The Morgan fingerprint density at radius 1 is 1.29 bits per heavy atom. The van der Waals surface area contributed by atoms with Crippen molar-refractivity contribution >= 4 is 5.97 Å². The van der Waals surface area contributed by atoms with E-state index in [2.05, 4.69) is 20.4 Å². The van der Waals surface area contributed by atoms with Crippen molar-refractivity contribution in [1.82, 2.24) is 25.1 Å². The zero-order valence-electron chi connectivity index (χ0n) is 15.3. The molecule has 4 rings (SSSR count). The van der Waals surface area contributed by atoms with Crippen LogP contribution < -0.4 is 5.32 Å². The van der Waals surface area contributed by atoms with Crippen LogP contribution in [-0.4, -0.2) is 32.3 Å². The van der Waals surface area contributed by atoms with Gasteiger partial charge in [0.2, 0.25) is 0 Å². The lowest BCUT2D eigenvalue weighted by Gasteiger charge is -2.09. The van der Waals surface area contributed by atoms with Crippen molar-refractivity contribution in [2.45, 2.75) is 26.5 Å². The molecule has 0 spiro atoms. The molecule has 1 aliphatic heterocycles. The molecule has 0 unspecified atom stereocenters. The number of nitriles is 1. The van der Waals surface area contributed by atoms with Gasteiger partial charge in [-0.15, -0.1) is 0 Å². The molecular formula is C20H18N6O2. The first-order valence-electron chi connectivity index (χ1n) is 8.91. The van der Waals surface area contributed by atoms with Gasteiger partial charge in [-0.25, -0.2) is 19.4 Å². The molecule has 2 aromatic heterocycles. The Labute approximate surface area is 161 Å². The zero-order chi connectivity index (χ0) is 19.5. The van der Waals surface area contributed by atoms with E-state index in [1.54, 1.807) is 10.9 Å². The quantitative estimate of drug-likeness (QED) is 0.518. The molecule has 1 N–H and O–H groups in total. The number of benzene rings is 1. The first-order chi connectivity index (χ1) is 13.7. The number of carbonyl (C=O) groups is 1. The van der Waals surface area contributed by atoms with Gasteiger partial charge >= 0.3 is 5.97 Å². The molecule has 0 bridgehead atoms. The molecule has 8 nitrogen and oxygen atoms in total. The van der Waals surface area contributed by atoms with Gasteiger partial charge in [-0.05, 0) is 37.1 Å². The predicted octanol–water partition coefficient (Wildman–Crippen LogP) is 1.85. The summed E-state index contributed by atoms with van der Waals surface area (Å²) in [6, 6.07) is 5.80. The topological polar surface area (TPSA) is 106 Å². The summed E-state index contributed by atoms with van der Waals surface area (Å²) in [5, 5.41) is 16.5. The van der Waals surface area contributed by atoms with Gasteiger partial charge in [0.15, 0.2) is 11.5 Å². The largest absolute Gasteiger partial charge is 0.457 e. The second-order valence-corrected chi connectivity index (χ2v) is 6.54. The molecule has 0 fully saturated rings. The lowest BCUT2D eigenvalue weighted by Crippen LogP contribution is -2.17. The Hall–Kier alpha value is -3.57. The van der Waals surface area contributed by atoms with E-state index in [0.717, 1.165) is 29.7 Å². The minimum absolute atomic E-state index is 0.230. The van der Waals surface area contributed by atoms with Crippen LogP contribution in [0.5, 0.6) is 0 Å². The minimum atomic E-state index is -0.230. The van der Waals surface area contributed by atoms with Gasteiger partial charge < -0.3 is 10.1 Å². The molecule has 3 aromatic rings. The Morgan fingerprint density at radius 2 is 2.18 bits per heavy atom. The van der Waals surface area contributed by atoms with E-state index in [9.17, 15) is 4.79 Å². The SMILES string of the molecule is Cc1c(CCNCc2cnn(-c3cnc(C#N)cn3)c2)ccc2c1COC2=O. The van der Waals surface area contributed by atoms with Crippen LogP contribution in [0.15, 0.2) is 36.9 Å². The summed E-state index contributed by atoms with van der Waals surface area (Å²) >= 11 is 0. The number of hydrogen-bond acceptors (Lipinski definition) is 7. The predicted molar refractivity (Wildman–Crippen MR) is 99.6 cm³/mol. The van der Waals surface area contributed by atoms with E-state index in [4.69, 9.17) is 10.00 Å². The number of cyclic esters (lactones) is 1. The number of hydrogen-bond donors (Lipinski definition) is 1. The van der Waals surface area contributed by atoms with Crippen LogP contribution >= 0.6 is 0 Å². The zero-order valence-corrected chi connectivity index (χ0v) is 15.3. The highest BCUT2D eigenvalue weighted by Crippen LogP contribution is 2.25. The monoisotopic (exact) mass is 374 g/mol. The van der Waals surface area contributed by atoms with Crippen molar-refractivity contribution < 1.29 is 9.53 Å². The molecule has 0 saturated heterocycles. The molecule has 28 heavy (non-hydrogen) atoms. The molecule has 1 aliphatic rings. The van der Waals surface area contributed by atoms with Gasteiger partial charge in [0.05, 0.1) is 24.2 Å². The van der Waals surface area contributed by atoms with Gasteiger partial charge in [0.25, 0.3) is 0 Å². The van der Waals surface area contributed by atoms with E-state index >= 15 is 0 Å². The number of esters is 1. The molecule has 0 saturated carbocycles. The summed E-state index contributed by atoms with van der Waals surface area (Å²) in [7, 11) is 0. The van der Waals surface area contributed by atoms with Crippen LogP contribution in [0.2, 0.25) is 0 Å². The molecule has 0 amide bonds. The Kier molecular flexibility index (Phi) is 4.83. The normalized spacial score (nSPS) is 12.5. The number of nitrogens with one attached hydrogen (secondary N) is 1. The highest BCUT2D eigenvalue weighted by atomic mass is 16.5. The lowest BCUT2D eigenvalue weighted by molar-refractivity contribution is 0.0535. The van der Waals surface area contributed by atoms with Crippen LogP contribution in [0, 0.1) is 18.3 Å². The minimum Gasteiger partial charge on any atom is -0.457 e. The third-order valence-electron chi connectivity index (χ3n) is 4.80. The third kappa shape index (κ3) is 3.48. The molecule has 1 aromatic carbocycles. The molecule has 140 valence electrons. The summed E-state index contributed by atoms with van der Waals surface area (Å²) in [5.74, 6) is 0.336. The lowest BCUT2D eigenvalue weighted by atomic mass is 9.97. The van der Waals surface area contributed by atoms with E-state index in [-0.39, 0.29) is 11.7 Å². The Balaban J connectivity index is 1.32. The van der Waals surface area contributed by atoms with Gasteiger partial charge in [0.1, 0.15) is 12.7 Å². The van der Waals surface area contributed by atoms with Crippen molar-refractivity contribution in [3.05, 3.63) is 70.4 Å². The molecule has 3 heterocycles. The molecular weight excluding hydrogens is 356 g/mol. The van der Waals surface area contributed by atoms with Crippen LogP contribution in [0.3, 0.4) is 0 Å². The molecule has 8 heteroatoms. The first kappa shape index (κ1) is 17.8. The van der Waals surface area contributed by atoms with Gasteiger partial charge in [-0.2, -0.15) is 10.4 Å². The fourth-order valence-electron chi connectivity index (χ4n) is 3.20. The smallest absolute Gasteiger partial charge is 0.338 e. The second-order valence-electron chi connectivity index (χ2n) is 6.54. The molecule has 0 atom stereocenters. The maximum atomic E-state index is 11.6. The fourth-order valence-corrected chi connectivity index (χ4v) is 3.20. The average molecular weight is 374 g/mol. The summed E-state index contributed by atoms with van der Waals surface area (Å²) < 4.78 is 6.74. The highest BCUT2D eigenvalue weighted by Gasteiger charge is 2.23. The average Bonchev–Trinajstić information content (AvgIpc) is 3.34. The summed E-state index contributed by atoms with van der Waals surface area (Å²) in [4.78, 5) is 19.8. The van der Waals surface area contributed by atoms with Gasteiger partial charge in [-0.1, -0.05) is 6.07 Å². The van der Waals surface area contributed by atoms with Crippen molar-refractivity contribution in [2.75, 3.05) is 6.54 Å².